The summed E-state index contributed by atoms with van der Waals surface area (Å²) in [6, 6.07) is 21.1. The van der Waals surface area contributed by atoms with Gasteiger partial charge in [-0.2, -0.15) is 5.16 Å². The van der Waals surface area contributed by atoms with E-state index < -0.39 is 0 Å². The van der Waals surface area contributed by atoms with Gasteiger partial charge in [-0.1, -0.05) is 47.6 Å². The molecule has 0 amide bonds. The Balaban J connectivity index is 0.000000562. The molecule has 0 radical (unpaired) electrons. The van der Waals surface area contributed by atoms with Crippen LogP contribution in [0.3, 0.4) is 0 Å². The number of thiocarbonyl (C=S) groups is 1. The van der Waals surface area contributed by atoms with Crippen LogP contribution >= 0.6 is 12.2 Å². The second kappa shape index (κ2) is 9.70. The molecular formula is C17H11N3NiS. The maximum atomic E-state index is 7.13. The van der Waals surface area contributed by atoms with Gasteiger partial charge in [0.05, 0.1) is 0 Å². The minimum absolute atomic E-state index is 0. The topological polar surface area (TPSA) is 48.1 Å². The molecule has 0 unspecified atom stereocenters. The summed E-state index contributed by atoms with van der Waals surface area (Å²) in [5.41, 5.74) is 3.82. The summed E-state index contributed by atoms with van der Waals surface area (Å²) in [4.78, 5) is 8.66. The van der Waals surface area contributed by atoms with Crippen LogP contribution in [0.2, 0.25) is 0 Å². The van der Waals surface area contributed by atoms with Gasteiger partial charge in [-0.05, 0) is 12.1 Å². The molecule has 0 fully saturated rings. The molecule has 0 aliphatic heterocycles. The van der Waals surface area contributed by atoms with Gasteiger partial charge in [0.1, 0.15) is 0 Å². The van der Waals surface area contributed by atoms with Gasteiger partial charge in [-0.3, -0.25) is 9.97 Å². The van der Waals surface area contributed by atoms with Crippen LogP contribution in [-0.2, 0) is 16.5 Å². The number of rotatable bonds is 2. The predicted octanol–water partition coefficient (Wildman–Crippen LogP) is 4.27. The molecule has 0 bridgehead atoms. The van der Waals surface area contributed by atoms with Crippen LogP contribution in [-0.4, -0.2) is 15.1 Å². The molecule has 0 atom stereocenters. The molecule has 3 aromatic rings. The molecule has 2 aromatic heterocycles. The monoisotopic (exact) mass is 347 g/mol. The first-order valence-corrected chi connectivity index (χ1v) is 6.62. The van der Waals surface area contributed by atoms with Gasteiger partial charge < -0.3 is 5.41 Å². The van der Waals surface area contributed by atoms with Crippen molar-refractivity contribution in [2.45, 2.75) is 0 Å². The Morgan fingerprint density at radius 1 is 0.818 bits per heavy atom. The molecule has 110 valence electrons. The summed E-state index contributed by atoms with van der Waals surface area (Å²) in [7, 11) is 0. The van der Waals surface area contributed by atoms with Crippen molar-refractivity contribution in [2.75, 3.05) is 0 Å². The summed E-state index contributed by atoms with van der Waals surface area (Å²) >= 11 is 3.70. The quantitative estimate of drug-likeness (QED) is 0.301. The van der Waals surface area contributed by atoms with E-state index in [0.29, 0.717) is 0 Å². The van der Waals surface area contributed by atoms with Crippen LogP contribution in [0.25, 0.3) is 27.9 Å². The summed E-state index contributed by atoms with van der Waals surface area (Å²) in [6.45, 7) is 0. The van der Waals surface area contributed by atoms with E-state index >= 15 is 0 Å². The number of nitrogens with zero attached hydrogens (tertiary/aromatic N) is 3. The van der Waals surface area contributed by atoms with Gasteiger partial charge in [-0.25, -0.2) is 0 Å². The van der Waals surface area contributed by atoms with Gasteiger partial charge in [-0.15, -0.1) is 24.3 Å². The number of pyridine rings is 2. The second-order valence-corrected chi connectivity index (χ2v) is 4.18. The van der Waals surface area contributed by atoms with Crippen molar-refractivity contribution in [1.82, 2.24) is 9.97 Å². The summed E-state index contributed by atoms with van der Waals surface area (Å²) in [6.07, 6.45) is 3.58. The van der Waals surface area contributed by atoms with Gasteiger partial charge in [0, 0.05) is 23.8 Å². The molecule has 0 saturated heterocycles. The van der Waals surface area contributed by atoms with Crippen molar-refractivity contribution in [1.29, 1.82) is 0 Å². The van der Waals surface area contributed by atoms with Gasteiger partial charge >= 0.3 is 16.5 Å². The molecule has 1 aromatic carbocycles. The van der Waals surface area contributed by atoms with E-state index in [4.69, 9.17) is 5.41 Å². The van der Waals surface area contributed by atoms with E-state index in [2.05, 4.69) is 28.3 Å². The molecule has 0 spiro atoms. The normalized spacial score (nSPS) is 8.73. The molecular weight excluding hydrogens is 337 g/mol. The zero-order valence-corrected chi connectivity index (χ0v) is 13.2. The molecule has 0 aliphatic rings. The predicted molar refractivity (Wildman–Crippen MR) is 87.7 cm³/mol. The summed E-state index contributed by atoms with van der Waals surface area (Å²) in [5.74, 6) is 0. The SMILES string of the molecule is [N-]=C=S.[Ni+2].[c-]1c(-c2ccccn2)cccc1-c1ccccn1. The molecule has 0 N–H and O–H groups in total. The number of benzene rings is 1. The fraction of sp³-hybridized carbons (Fsp3) is 0. The van der Waals surface area contributed by atoms with Crippen LogP contribution in [0, 0.1) is 6.07 Å². The van der Waals surface area contributed by atoms with Crippen LogP contribution < -0.4 is 0 Å². The van der Waals surface area contributed by atoms with Gasteiger partial charge in [0.25, 0.3) is 0 Å². The number of isothiocyanates is 1. The average molecular weight is 348 g/mol. The standard InChI is InChI=1S/C16H11N2.CNS.Ni/c1-3-10-17-15(8-1)13-6-5-7-14(12-13)16-9-2-4-11-18-16;2-1-3;/h1-11H;;/q2*-1;+2. The van der Waals surface area contributed by atoms with Crippen molar-refractivity contribution in [3.8, 4) is 22.5 Å². The third kappa shape index (κ3) is 4.98. The average Bonchev–Trinajstić information content (AvgIpc) is 2.57. The smallest absolute Gasteiger partial charge is 0.753 e. The maximum absolute atomic E-state index is 7.13. The fourth-order valence-corrected chi connectivity index (χ4v) is 1.81. The third-order valence-electron chi connectivity index (χ3n) is 2.68. The first-order chi connectivity index (χ1) is 10.3. The van der Waals surface area contributed by atoms with Crippen molar-refractivity contribution in [2.24, 2.45) is 0 Å². The Morgan fingerprint density at radius 2 is 1.27 bits per heavy atom. The largest absolute Gasteiger partial charge is 2.00 e. The van der Waals surface area contributed by atoms with Crippen LogP contribution in [0.5, 0.6) is 0 Å². The molecule has 2 heterocycles. The fourth-order valence-electron chi connectivity index (χ4n) is 1.81. The van der Waals surface area contributed by atoms with Crippen molar-refractivity contribution in [3.05, 3.63) is 78.5 Å². The number of hydrogen-bond acceptors (Lipinski definition) is 3. The van der Waals surface area contributed by atoms with Crippen LogP contribution in [0.4, 0.5) is 0 Å². The molecule has 22 heavy (non-hydrogen) atoms. The molecule has 3 rings (SSSR count). The van der Waals surface area contributed by atoms with E-state index in [-0.39, 0.29) is 16.5 Å². The molecule has 5 heteroatoms. The minimum Gasteiger partial charge on any atom is -0.753 e. The Kier molecular flexibility index (Phi) is 7.87. The van der Waals surface area contributed by atoms with E-state index in [1.165, 1.54) is 5.16 Å². The van der Waals surface area contributed by atoms with E-state index in [0.717, 1.165) is 22.5 Å². The minimum atomic E-state index is 0. The molecule has 3 nitrogen and oxygen atoms in total. The number of hydrogen-bond donors (Lipinski definition) is 0. The number of aromatic nitrogens is 2. The Bertz CT molecular complexity index is 672. The van der Waals surface area contributed by atoms with E-state index in [1.54, 1.807) is 12.4 Å². The van der Waals surface area contributed by atoms with Crippen LogP contribution in [0.15, 0.2) is 67.0 Å². The molecule has 0 aliphatic carbocycles. The van der Waals surface area contributed by atoms with Crippen molar-refractivity contribution >= 4 is 17.4 Å². The first-order valence-electron chi connectivity index (χ1n) is 6.21. The third-order valence-corrected chi connectivity index (χ3v) is 2.68. The zero-order valence-electron chi connectivity index (χ0n) is 11.4. The molecule has 0 saturated carbocycles. The second-order valence-electron chi connectivity index (χ2n) is 4.00. The van der Waals surface area contributed by atoms with E-state index in [9.17, 15) is 0 Å². The van der Waals surface area contributed by atoms with E-state index in [1.807, 2.05) is 54.6 Å². The maximum Gasteiger partial charge on any atom is 2.00 e. The summed E-state index contributed by atoms with van der Waals surface area (Å²) < 4.78 is 0. The Hall–Kier alpha value is -2.19. The summed E-state index contributed by atoms with van der Waals surface area (Å²) in [5, 5.41) is 8.47. The van der Waals surface area contributed by atoms with Crippen molar-refractivity contribution in [3.63, 3.8) is 0 Å². The Labute approximate surface area is 144 Å². The van der Waals surface area contributed by atoms with Gasteiger partial charge in [0.2, 0.25) is 0 Å². The van der Waals surface area contributed by atoms with Gasteiger partial charge in [0.15, 0.2) is 0 Å². The Morgan fingerprint density at radius 3 is 1.64 bits per heavy atom. The first kappa shape index (κ1) is 17.9. The van der Waals surface area contributed by atoms with Crippen molar-refractivity contribution < 1.29 is 16.5 Å². The zero-order chi connectivity index (χ0) is 14.9. The van der Waals surface area contributed by atoms with Crippen LogP contribution in [0.1, 0.15) is 0 Å².